The molecule has 5 heteroatoms. The summed E-state index contributed by atoms with van der Waals surface area (Å²) in [4.78, 5) is 27.6. The number of aromatic nitrogens is 1. The van der Waals surface area contributed by atoms with Gasteiger partial charge in [0, 0.05) is 6.20 Å². The van der Waals surface area contributed by atoms with Gasteiger partial charge in [0.25, 0.3) is 11.7 Å². The number of Topliss-reactive ketones (excluding diaryl/α,β-unsaturated/α-hetero) is 1. The van der Waals surface area contributed by atoms with E-state index in [-0.39, 0.29) is 6.54 Å². The van der Waals surface area contributed by atoms with Gasteiger partial charge in [0.1, 0.15) is 0 Å². The van der Waals surface area contributed by atoms with Gasteiger partial charge in [-0.25, -0.2) is 0 Å². The fourth-order valence-corrected chi connectivity index (χ4v) is 1.93. The van der Waals surface area contributed by atoms with E-state index in [1.165, 1.54) is 11.3 Å². The molecular weight excluding hydrogens is 236 g/mol. The Morgan fingerprint density at radius 2 is 2.12 bits per heavy atom. The van der Waals surface area contributed by atoms with Gasteiger partial charge in [0.2, 0.25) is 0 Å². The van der Waals surface area contributed by atoms with Crippen LogP contribution in [-0.4, -0.2) is 16.7 Å². The zero-order valence-corrected chi connectivity index (χ0v) is 9.74. The molecule has 86 valence electrons. The summed E-state index contributed by atoms with van der Waals surface area (Å²) in [5, 5.41) is 4.31. The van der Waals surface area contributed by atoms with Crippen LogP contribution >= 0.6 is 11.3 Å². The Hall–Kier alpha value is -2.01. The standard InChI is InChI=1S/C12H10N2O2S/c15-11(10-5-3-7-17-10)12(16)14-8-9-4-1-2-6-13-9/h1-7H,8H2,(H,14,16). The Morgan fingerprint density at radius 3 is 2.76 bits per heavy atom. The average molecular weight is 246 g/mol. The molecule has 0 unspecified atom stereocenters. The van der Waals surface area contributed by atoms with Crippen molar-refractivity contribution in [2.45, 2.75) is 6.54 Å². The number of pyridine rings is 1. The smallest absolute Gasteiger partial charge is 0.293 e. The second kappa shape index (κ2) is 5.36. The van der Waals surface area contributed by atoms with Crippen LogP contribution in [0.1, 0.15) is 15.4 Å². The molecule has 1 N–H and O–H groups in total. The summed E-state index contributed by atoms with van der Waals surface area (Å²) in [6, 6.07) is 8.78. The van der Waals surface area contributed by atoms with Crippen LogP contribution in [0.25, 0.3) is 0 Å². The van der Waals surface area contributed by atoms with Crippen LogP contribution in [0.2, 0.25) is 0 Å². The highest BCUT2D eigenvalue weighted by molar-refractivity contribution is 7.13. The largest absolute Gasteiger partial charge is 0.344 e. The Bertz CT molecular complexity index is 509. The molecule has 0 saturated carbocycles. The molecule has 0 saturated heterocycles. The number of hydrogen-bond acceptors (Lipinski definition) is 4. The van der Waals surface area contributed by atoms with Crippen molar-refractivity contribution >= 4 is 23.0 Å². The molecule has 4 nitrogen and oxygen atoms in total. The summed E-state index contributed by atoms with van der Waals surface area (Å²) in [5.41, 5.74) is 0.722. The van der Waals surface area contributed by atoms with Gasteiger partial charge in [-0.05, 0) is 23.6 Å². The Labute approximate surface area is 102 Å². The van der Waals surface area contributed by atoms with Crippen LogP contribution in [0, 0.1) is 0 Å². The maximum atomic E-state index is 11.6. The molecule has 2 heterocycles. The first-order valence-electron chi connectivity index (χ1n) is 5.03. The van der Waals surface area contributed by atoms with Crippen molar-refractivity contribution < 1.29 is 9.59 Å². The molecule has 0 radical (unpaired) electrons. The van der Waals surface area contributed by atoms with Gasteiger partial charge in [0.15, 0.2) is 0 Å². The van der Waals surface area contributed by atoms with Crippen molar-refractivity contribution in [3.05, 3.63) is 52.5 Å². The molecule has 17 heavy (non-hydrogen) atoms. The highest BCUT2D eigenvalue weighted by atomic mass is 32.1. The topological polar surface area (TPSA) is 59.1 Å². The van der Waals surface area contributed by atoms with Gasteiger partial charge in [-0.3, -0.25) is 14.6 Å². The third-order valence-corrected chi connectivity index (χ3v) is 2.98. The third-order valence-electron chi connectivity index (χ3n) is 2.11. The second-order valence-electron chi connectivity index (χ2n) is 3.31. The number of hydrogen-bond donors (Lipinski definition) is 1. The molecular formula is C12H10N2O2S. The van der Waals surface area contributed by atoms with E-state index >= 15 is 0 Å². The zero-order chi connectivity index (χ0) is 12.1. The molecule has 1 amide bonds. The second-order valence-corrected chi connectivity index (χ2v) is 4.26. The van der Waals surface area contributed by atoms with E-state index in [4.69, 9.17) is 0 Å². The number of carbonyl (C=O) groups is 2. The number of nitrogens with one attached hydrogen (secondary N) is 1. The first-order chi connectivity index (χ1) is 8.27. The van der Waals surface area contributed by atoms with Gasteiger partial charge in [-0.15, -0.1) is 11.3 Å². The Kier molecular flexibility index (Phi) is 3.62. The van der Waals surface area contributed by atoms with Gasteiger partial charge in [-0.1, -0.05) is 12.1 Å². The van der Waals surface area contributed by atoms with Crippen molar-refractivity contribution in [2.24, 2.45) is 0 Å². The molecule has 2 aromatic heterocycles. The molecule has 0 aliphatic rings. The van der Waals surface area contributed by atoms with Gasteiger partial charge in [-0.2, -0.15) is 0 Å². The highest BCUT2D eigenvalue weighted by Crippen LogP contribution is 2.09. The predicted molar refractivity (Wildman–Crippen MR) is 64.7 cm³/mol. The summed E-state index contributed by atoms with van der Waals surface area (Å²) in [6.45, 7) is 0.261. The summed E-state index contributed by atoms with van der Waals surface area (Å²) in [7, 11) is 0. The maximum Gasteiger partial charge on any atom is 0.293 e. The van der Waals surface area contributed by atoms with Gasteiger partial charge in [0.05, 0.1) is 17.1 Å². The van der Waals surface area contributed by atoms with Gasteiger partial charge < -0.3 is 5.32 Å². The van der Waals surface area contributed by atoms with Crippen LogP contribution in [0.3, 0.4) is 0 Å². The van der Waals surface area contributed by atoms with Crippen molar-refractivity contribution in [1.29, 1.82) is 0 Å². The van der Waals surface area contributed by atoms with Crippen LogP contribution in [0.15, 0.2) is 41.9 Å². The molecule has 0 aromatic carbocycles. The van der Waals surface area contributed by atoms with Crippen LogP contribution in [-0.2, 0) is 11.3 Å². The van der Waals surface area contributed by atoms with Crippen molar-refractivity contribution in [3.8, 4) is 0 Å². The summed E-state index contributed by atoms with van der Waals surface area (Å²) in [5.74, 6) is -1.10. The van der Waals surface area contributed by atoms with Crippen LogP contribution in [0.4, 0.5) is 0 Å². The monoisotopic (exact) mass is 246 g/mol. The lowest BCUT2D eigenvalue weighted by atomic mass is 10.3. The fraction of sp³-hybridized carbons (Fsp3) is 0.0833. The minimum atomic E-state index is -0.599. The molecule has 0 bridgehead atoms. The fourth-order valence-electron chi connectivity index (χ4n) is 1.27. The lowest BCUT2D eigenvalue weighted by Gasteiger charge is -2.02. The van der Waals surface area contributed by atoms with E-state index in [9.17, 15) is 9.59 Å². The lowest BCUT2D eigenvalue weighted by Crippen LogP contribution is -2.30. The predicted octanol–water partition coefficient (Wildman–Crippen LogP) is 1.64. The molecule has 0 aliphatic carbocycles. The van der Waals surface area contributed by atoms with E-state index in [2.05, 4.69) is 10.3 Å². The summed E-state index contributed by atoms with van der Waals surface area (Å²) in [6.07, 6.45) is 1.64. The number of carbonyl (C=O) groups excluding carboxylic acids is 2. The number of nitrogens with zero attached hydrogens (tertiary/aromatic N) is 1. The maximum absolute atomic E-state index is 11.6. The van der Waals surface area contributed by atoms with E-state index in [0.717, 1.165) is 5.69 Å². The van der Waals surface area contributed by atoms with Crippen LogP contribution < -0.4 is 5.32 Å². The quantitative estimate of drug-likeness (QED) is 0.659. The van der Waals surface area contributed by atoms with Crippen LogP contribution in [0.5, 0.6) is 0 Å². The van der Waals surface area contributed by atoms with E-state index < -0.39 is 11.7 Å². The number of amides is 1. The minimum absolute atomic E-state index is 0.261. The van der Waals surface area contributed by atoms with E-state index in [1.807, 2.05) is 6.07 Å². The Morgan fingerprint density at radius 1 is 1.24 bits per heavy atom. The zero-order valence-electron chi connectivity index (χ0n) is 8.92. The highest BCUT2D eigenvalue weighted by Gasteiger charge is 2.16. The third kappa shape index (κ3) is 2.98. The normalized spacial score (nSPS) is 9.88. The van der Waals surface area contributed by atoms with Crippen molar-refractivity contribution in [1.82, 2.24) is 10.3 Å². The molecule has 2 rings (SSSR count). The summed E-state index contributed by atoms with van der Waals surface area (Å²) >= 11 is 1.26. The Balaban J connectivity index is 1.92. The van der Waals surface area contributed by atoms with Gasteiger partial charge >= 0.3 is 0 Å². The number of thiophene rings is 1. The molecule has 0 aliphatic heterocycles. The lowest BCUT2D eigenvalue weighted by molar-refractivity contribution is -0.117. The molecule has 0 atom stereocenters. The summed E-state index contributed by atoms with van der Waals surface area (Å²) < 4.78 is 0. The molecule has 2 aromatic rings. The number of ketones is 1. The average Bonchev–Trinajstić information content (AvgIpc) is 2.90. The molecule has 0 spiro atoms. The van der Waals surface area contributed by atoms with E-state index in [1.54, 1.807) is 35.8 Å². The molecule has 0 fully saturated rings. The number of rotatable bonds is 4. The SMILES string of the molecule is O=C(NCc1ccccn1)C(=O)c1cccs1. The minimum Gasteiger partial charge on any atom is -0.344 e. The van der Waals surface area contributed by atoms with E-state index in [0.29, 0.717) is 4.88 Å². The van der Waals surface area contributed by atoms with Crippen molar-refractivity contribution in [3.63, 3.8) is 0 Å². The van der Waals surface area contributed by atoms with Crippen molar-refractivity contribution in [2.75, 3.05) is 0 Å². The first-order valence-corrected chi connectivity index (χ1v) is 5.91. The first kappa shape index (κ1) is 11.5.